The first-order chi connectivity index (χ1) is 10.8. The van der Waals surface area contributed by atoms with Gasteiger partial charge in [0.05, 0.1) is 19.0 Å². The first kappa shape index (κ1) is 16.5. The first-order valence-corrected chi connectivity index (χ1v) is 9.71. The summed E-state index contributed by atoms with van der Waals surface area (Å²) in [6.45, 7) is 2.25. The zero-order valence-electron chi connectivity index (χ0n) is 13.4. The molecule has 7 nitrogen and oxygen atoms in total. The van der Waals surface area contributed by atoms with E-state index in [9.17, 15) is 13.2 Å². The SMILES string of the molecule is Cn1cccc1C(=O)N1CC[C@H]2[C@H](CO[C@H]2CNS(C)(=O)=O)C1. The van der Waals surface area contributed by atoms with E-state index in [0.29, 0.717) is 37.9 Å². The van der Waals surface area contributed by atoms with Crippen molar-refractivity contribution < 1.29 is 17.9 Å². The van der Waals surface area contributed by atoms with Crippen LogP contribution in [0.15, 0.2) is 18.3 Å². The van der Waals surface area contributed by atoms with E-state index in [1.807, 2.05) is 34.8 Å². The quantitative estimate of drug-likeness (QED) is 0.839. The highest BCUT2D eigenvalue weighted by atomic mass is 32.2. The fourth-order valence-electron chi connectivity index (χ4n) is 3.56. The molecule has 1 amide bonds. The predicted molar refractivity (Wildman–Crippen MR) is 85.5 cm³/mol. The van der Waals surface area contributed by atoms with Crippen molar-refractivity contribution in [2.75, 3.05) is 32.5 Å². The van der Waals surface area contributed by atoms with E-state index in [-0.39, 0.29) is 17.9 Å². The van der Waals surface area contributed by atoms with Crippen LogP contribution in [0.1, 0.15) is 16.9 Å². The summed E-state index contributed by atoms with van der Waals surface area (Å²) in [6.07, 6.45) is 3.77. The van der Waals surface area contributed by atoms with Gasteiger partial charge in [-0.3, -0.25) is 4.79 Å². The molecule has 1 aromatic heterocycles. The molecule has 2 aliphatic rings. The summed E-state index contributed by atoms with van der Waals surface area (Å²) in [4.78, 5) is 14.5. The fraction of sp³-hybridized carbons (Fsp3) is 0.667. The average molecular weight is 341 g/mol. The highest BCUT2D eigenvalue weighted by Crippen LogP contribution is 2.34. The Balaban J connectivity index is 1.60. The molecule has 0 bridgehead atoms. The Hall–Kier alpha value is -1.38. The van der Waals surface area contributed by atoms with Crippen LogP contribution in [-0.2, 0) is 21.8 Å². The molecule has 0 aliphatic carbocycles. The number of aromatic nitrogens is 1. The minimum atomic E-state index is -3.21. The third-order valence-electron chi connectivity index (χ3n) is 4.79. The predicted octanol–water partition coefficient (Wildman–Crippen LogP) is 0.0514. The minimum absolute atomic E-state index is 0.0497. The second-order valence-electron chi connectivity index (χ2n) is 6.46. The lowest BCUT2D eigenvalue weighted by molar-refractivity contribution is 0.0607. The van der Waals surface area contributed by atoms with Gasteiger partial charge in [-0.25, -0.2) is 13.1 Å². The highest BCUT2D eigenvalue weighted by molar-refractivity contribution is 7.88. The lowest BCUT2D eigenvalue weighted by Gasteiger charge is -2.35. The van der Waals surface area contributed by atoms with Gasteiger partial charge in [-0.2, -0.15) is 0 Å². The molecule has 0 radical (unpaired) electrons. The Morgan fingerprint density at radius 2 is 2.26 bits per heavy atom. The number of hydrogen-bond donors (Lipinski definition) is 1. The molecule has 8 heteroatoms. The number of amides is 1. The summed E-state index contributed by atoms with van der Waals surface area (Å²) in [6, 6.07) is 3.70. The minimum Gasteiger partial charge on any atom is -0.376 e. The average Bonchev–Trinajstić information content (AvgIpc) is 3.09. The number of piperidine rings is 1. The van der Waals surface area contributed by atoms with Crippen LogP contribution < -0.4 is 4.72 Å². The van der Waals surface area contributed by atoms with Crippen molar-refractivity contribution in [3.63, 3.8) is 0 Å². The van der Waals surface area contributed by atoms with Gasteiger partial charge in [-0.1, -0.05) is 0 Å². The summed E-state index contributed by atoms with van der Waals surface area (Å²) in [5.41, 5.74) is 0.692. The number of nitrogens with one attached hydrogen (secondary N) is 1. The molecule has 2 aliphatic heterocycles. The molecule has 1 N–H and O–H groups in total. The molecule has 3 heterocycles. The van der Waals surface area contributed by atoms with E-state index >= 15 is 0 Å². The van der Waals surface area contributed by atoms with Gasteiger partial charge >= 0.3 is 0 Å². The van der Waals surface area contributed by atoms with Crippen LogP contribution in [0, 0.1) is 11.8 Å². The van der Waals surface area contributed by atoms with Crippen molar-refractivity contribution in [2.45, 2.75) is 12.5 Å². The summed E-state index contributed by atoms with van der Waals surface area (Å²) in [7, 11) is -1.34. The number of sulfonamides is 1. The summed E-state index contributed by atoms with van der Waals surface area (Å²) in [5.74, 6) is 0.634. The number of carbonyl (C=O) groups excluding carboxylic acids is 1. The van der Waals surface area contributed by atoms with Crippen molar-refractivity contribution in [2.24, 2.45) is 18.9 Å². The summed E-state index contributed by atoms with van der Waals surface area (Å²) in [5, 5.41) is 0. The van der Waals surface area contributed by atoms with Crippen LogP contribution in [0.5, 0.6) is 0 Å². The zero-order chi connectivity index (χ0) is 16.6. The second kappa shape index (κ2) is 6.26. The van der Waals surface area contributed by atoms with Gasteiger partial charge in [-0.05, 0) is 24.5 Å². The van der Waals surface area contributed by atoms with Gasteiger partial charge < -0.3 is 14.2 Å². The molecule has 0 saturated carbocycles. The molecular weight excluding hydrogens is 318 g/mol. The highest BCUT2D eigenvalue weighted by Gasteiger charge is 2.42. The number of rotatable bonds is 4. The summed E-state index contributed by atoms with van der Waals surface area (Å²) < 4.78 is 32.6. The third kappa shape index (κ3) is 3.59. The Bertz CT molecular complexity index is 685. The van der Waals surface area contributed by atoms with Gasteiger partial charge in [0.2, 0.25) is 10.0 Å². The third-order valence-corrected chi connectivity index (χ3v) is 5.48. The molecule has 0 spiro atoms. The molecule has 2 saturated heterocycles. The normalized spacial score (nSPS) is 27.9. The van der Waals surface area contributed by atoms with Crippen LogP contribution in [0.4, 0.5) is 0 Å². The van der Waals surface area contributed by atoms with Gasteiger partial charge in [0.1, 0.15) is 5.69 Å². The number of likely N-dealkylation sites (tertiary alicyclic amines) is 1. The Morgan fingerprint density at radius 1 is 1.48 bits per heavy atom. The molecule has 23 heavy (non-hydrogen) atoms. The standard InChI is InChI=1S/C15H23N3O4S/c1-17-6-3-4-13(17)15(19)18-7-5-12-11(9-18)10-22-14(12)8-16-23(2,20)21/h3-4,6,11-12,14,16H,5,7-10H2,1-2H3/t11-,12-,14-/m0/s1. The molecule has 3 atom stereocenters. The van der Waals surface area contributed by atoms with Crippen LogP contribution in [0.25, 0.3) is 0 Å². The number of fused-ring (bicyclic) bond motifs is 1. The van der Waals surface area contributed by atoms with E-state index in [4.69, 9.17) is 4.74 Å². The van der Waals surface area contributed by atoms with Crippen LogP contribution >= 0.6 is 0 Å². The largest absolute Gasteiger partial charge is 0.376 e. The van der Waals surface area contributed by atoms with Crippen LogP contribution in [0.3, 0.4) is 0 Å². The fourth-order valence-corrected chi connectivity index (χ4v) is 4.03. The maximum atomic E-state index is 12.6. The number of hydrogen-bond acceptors (Lipinski definition) is 4. The van der Waals surface area contributed by atoms with E-state index in [2.05, 4.69) is 4.72 Å². The Labute approximate surface area is 136 Å². The van der Waals surface area contributed by atoms with Gasteiger partial charge in [0.25, 0.3) is 5.91 Å². The Morgan fingerprint density at radius 3 is 2.91 bits per heavy atom. The lowest BCUT2D eigenvalue weighted by Crippen LogP contribution is -2.46. The second-order valence-corrected chi connectivity index (χ2v) is 8.29. The number of nitrogens with zero attached hydrogens (tertiary/aromatic N) is 2. The van der Waals surface area contributed by atoms with Crippen molar-refractivity contribution >= 4 is 15.9 Å². The molecular formula is C15H23N3O4S. The molecule has 3 rings (SSSR count). The number of ether oxygens (including phenoxy) is 1. The van der Waals surface area contributed by atoms with Crippen LogP contribution in [-0.4, -0.2) is 62.4 Å². The zero-order valence-corrected chi connectivity index (χ0v) is 14.3. The summed E-state index contributed by atoms with van der Waals surface area (Å²) >= 11 is 0. The van der Waals surface area contributed by atoms with Crippen LogP contribution in [0.2, 0.25) is 0 Å². The smallest absolute Gasteiger partial charge is 0.270 e. The van der Waals surface area contributed by atoms with E-state index in [1.165, 1.54) is 0 Å². The van der Waals surface area contributed by atoms with Gasteiger partial charge in [0.15, 0.2) is 0 Å². The molecule has 0 unspecified atom stereocenters. The van der Waals surface area contributed by atoms with Crippen molar-refractivity contribution in [1.82, 2.24) is 14.2 Å². The Kier molecular flexibility index (Phi) is 4.48. The number of aryl methyl sites for hydroxylation is 1. The topological polar surface area (TPSA) is 80.6 Å². The number of carbonyl (C=O) groups is 1. The van der Waals surface area contributed by atoms with E-state index in [0.717, 1.165) is 12.7 Å². The van der Waals surface area contributed by atoms with Gasteiger partial charge in [-0.15, -0.1) is 0 Å². The van der Waals surface area contributed by atoms with Crippen molar-refractivity contribution in [3.05, 3.63) is 24.0 Å². The van der Waals surface area contributed by atoms with E-state index < -0.39 is 10.0 Å². The monoisotopic (exact) mass is 341 g/mol. The molecule has 2 fully saturated rings. The van der Waals surface area contributed by atoms with Gasteiger partial charge in [0, 0.05) is 38.8 Å². The lowest BCUT2D eigenvalue weighted by atomic mass is 9.84. The molecule has 0 aromatic carbocycles. The molecule has 1 aromatic rings. The maximum absolute atomic E-state index is 12.6. The first-order valence-electron chi connectivity index (χ1n) is 7.82. The van der Waals surface area contributed by atoms with Crippen molar-refractivity contribution in [1.29, 1.82) is 0 Å². The van der Waals surface area contributed by atoms with Crippen molar-refractivity contribution in [3.8, 4) is 0 Å². The molecule has 128 valence electrons. The maximum Gasteiger partial charge on any atom is 0.270 e. The van der Waals surface area contributed by atoms with E-state index in [1.54, 1.807) is 0 Å².